The smallest absolute Gasteiger partial charge is 0.272 e. The maximum atomic E-state index is 13.2. The number of H-pyrrole nitrogens is 1. The van der Waals surface area contributed by atoms with Crippen LogP contribution in [0.4, 0.5) is 5.69 Å². The monoisotopic (exact) mass is 448 g/mol. The second kappa shape index (κ2) is 7.64. The Labute approximate surface area is 186 Å². The highest BCUT2D eigenvalue weighted by molar-refractivity contribution is 7.15. The highest BCUT2D eigenvalue weighted by Gasteiger charge is 2.19. The van der Waals surface area contributed by atoms with Gasteiger partial charge in [-0.1, -0.05) is 29.8 Å². The first-order valence-corrected chi connectivity index (χ1v) is 10.7. The number of aryl methyl sites for hydroxylation is 2. The van der Waals surface area contributed by atoms with Crippen molar-refractivity contribution in [2.45, 2.75) is 6.92 Å². The number of halogens is 1. The lowest BCUT2D eigenvalue weighted by atomic mass is 10.1. The van der Waals surface area contributed by atoms with Gasteiger partial charge in [0.1, 0.15) is 5.69 Å². The van der Waals surface area contributed by atoms with Gasteiger partial charge in [-0.25, -0.2) is 0 Å². The molecule has 9 heteroatoms. The van der Waals surface area contributed by atoms with Crippen LogP contribution in [0.3, 0.4) is 0 Å². The number of para-hydroxylation sites is 1. The maximum absolute atomic E-state index is 13.2. The Morgan fingerprint density at radius 2 is 2.00 bits per heavy atom. The maximum Gasteiger partial charge on any atom is 0.272 e. The summed E-state index contributed by atoms with van der Waals surface area (Å²) < 4.78 is 1.93. The van der Waals surface area contributed by atoms with Crippen LogP contribution < -0.4 is 5.32 Å². The van der Waals surface area contributed by atoms with E-state index in [1.54, 1.807) is 29.5 Å². The number of carbonyl (C=O) groups is 1. The van der Waals surface area contributed by atoms with Crippen LogP contribution >= 0.6 is 22.9 Å². The number of anilines is 1. The van der Waals surface area contributed by atoms with E-state index in [9.17, 15) is 4.79 Å². The number of rotatable bonds is 4. The number of amides is 1. The van der Waals surface area contributed by atoms with Gasteiger partial charge in [0.2, 0.25) is 5.82 Å². The molecule has 0 unspecified atom stereocenters. The van der Waals surface area contributed by atoms with Crippen molar-refractivity contribution in [2.24, 2.45) is 7.05 Å². The molecule has 0 saturated heterocycles. The predicted molar refractivity (Wildman–Crippen MR) is 124 cm³/mol. The molecule has 5 rings (SSSR count). The molecule has 0 aliphatic rings. The van der Waals surface area contributed by atoms with Crippen LogP contribution in [0.5, 0.6) is 0 Å². The molecule has 2 N–H and O–H groups in total. The number of thiophene rings is 1. The van der Waals surface area contributed by atoms with Crippen molar-refractivity contribution in [3.05, 3.63) is 70.2 Å². The minimum Gasteiger partial charge on any atom is -0.339 e. The minimum absolute atomic E-state index is 0.237. The van der Waals surface area contributed by atoms with Crippen LogP contribution in [0.25, 0.3) is 32.7 Å². The summed E-state index contributed by atoms with van der Waals surface area (Å²) in [4.78, 5) is 15.7. The zero-order valence-corrected chi connectivity index (χ0v) is 18.3. The van der Waals surface area contributed by atoms with Crippen LogP contribution in [-0.4, -0.2) is 31.1 Å². The first-order valence-electron chi connectivity index (χ1n) is 9.51. The van der Waals surface area contributed by atoms with Gasteiger partial charge in [-0.05, 0) is 48.5 Å². The molecule has 0 spiro atoms. The molecule has 1 amide bonds. The molecule has 0 aliphatic heterocycles. The number of nitrogens with zero attached hydrogens (tertiary/aromatic N) is 4. The number of benzene rings is 2. The summed E-state index contributed by atoms with van der Waals surface area (Å²) in [5.74, 6) is 0.115. The molecule has 0 bridgehead atoms. The van der Waals surface area contributed by atoms with E-state index < -0.39 is 0 Å². The summed E-state index contributed by atoms with van der Waals surface area (Å²) in [5.41, 5.74) is 3.81. The lowest BCUT2D eigenvalue weighted by Crippen LogP contribution is -2.16. The number of hydrogen-bond donors (Lipinski definition) is 2. The molecule has 0 radical (unpaired) electrons. The van der Waals surface area contributed by atoms with E-state index in [-0.39, 0.29) is 5.91 Å². The minimum atomic E-state index is -0.237. The quantitative estimate of drug-likeness (QED) is 0.390. The molecule has 2 aromatic carbocycles. The van der Waals surface area contributed by atoms with Crippen molar-refractivity contribution in [1.29, 1.82) is 0 Å². The van der Waals surface area contributed by atoms with E-state index in [1.807, 2.05) is 29.8 Å². The Kier molecular flexibility index (Phi) is 4.80. The van der Waals surface area contributed by atoms with E-state index in [0.717, 1.165) is 16.5 Å². The predicted octanol–water partition coefficient (Wildman–Crippen LogP) is 5.30. The Hall–Kier alpha value is -3.49. The van der Waals surface area contributed by atoms with Gasteiger partial charge in [-0.3, -0.25) is 4.79 Å². The van der Waals surface area contributed by atoms with Crippen LogP contribution in [0.2, 0.25) is 5.02 Å². The second-order valence-corrected chi connectivity index (χ2v) is 8.85. The Morgan fingerprint density at radius 1 is 1.13 bits per heavy atom. The van der Waals surface area contributed by atoms with E-state index in [2.05, 4.69) is 51.1 Å². The molecule has 31 heavy (non-hydrogen) atoms. The Morgan fingerprint density at radius 3 is 2.74 bits per heavy atom. The first-order chi connectivity index (χ1) is 15.0. The Balaban J connectivity index is 1.56. The summed E-state index contributed by atoms with van der Waals surface area (Å²) in [7, 11) is 1.91. The number of hydrogen-bond acceptors (Lipinski definition) is 5. The fraction of sp³-hybridized carbons (Fsp3) is 0.0909. The fourth-order valence-electron chi connectivity index (χ4n) is 3.69. The third kappa shape index (κ3) is 3.49. The molecule has 7 nitrogen and oxygen atoms in total. The summed E-state index contributed by atoms with van der Waals surface area (Å²) >= 11 is 7.88. The summed E-state index contributed by atoms with van der Waals surface area (Å²) in [6.07, 6.45) is 0. The van der Waals surface area contributed by atoms with Crippen LogP contribution in [-0.2, 0) is 7.05 Å². The van der Waals surface area contributed by atoms with Crippen molar-refractivity contribution >= 4 is 45.4 Å². The molecule has 3 aromatic heterocycles. The van der Waals surface area contributed by atoms with Gasteiger partial charge < -0.3 is 9.88 Å². The van der Waals surface area contributed by atoms with Gasteiger partial charge in [-0.2, -0.15) is 5.21 Å². The highest BCUT2D eigenvalue weighted by atomic mass is 35.5. The van der Waals surface area contributed by atoms with E-state index in [4.69, 9.17) is 11.6 Å². The van der Waals surface area contributed by atoms with Crippen molar-refractivity contribution in [1.82, 2.24) is 25.2 Å². The molecule has 0 aliphatic carbocycles. The Bertz CT molecular complexity index is 1420. The number of aromatic nitrogens is 5. The average Bonchev–Trinajstić information content (AvgIpc) is 3.50. The van der Waals surface area contributed by atoms with Crippen molar-refractivity contribution in [2.75, 3.05) is 5.32 Å². The summed E-state index contributed by atoms with van der Waals surface area (Å²) in [6.45, 7) is 2.09. The van der Waals surface area contributed by atoms with Gasteiger partial charge in [0.05, 0.1) is 11.2 Å². The zero-order chi connectivity index (χ0) is 21.5. The number of tetrazole rings is 1. The average molecular weight is 449 g/mol. The third-order valence-corrected chi connectivity index (χ3v) is 6.38. The van der Waals surface area contributed by atoms with E-state index >= 15 is 0 Å². The number of fused-ring (bicyclic) bond motifs is 1. The van der Waals surface area contributed by atoms with Crippen LogP contribution in [0.15, 0.2) is 54.6 Å². The number of aromatic amines is 1. The number of carbonyl (C=O) groups excluding carboxylic acids is 1. The van der Waals surface area contributed by atoms with E-state index in [0.29, 0.717) is 27.8 Å². The lowest BCUT2D eigenvalue weighted by molar-refractivity contribution is 0.102. The summed E-state index contributed by atoms with van der Waals surface area (Å²) in [6, 6.07) is 17.4. The molecule has 0 atom stereocenters. The normalized spacial score (nSPS) is 11.2. The zero-order valence-electron chi connectivity index (χ0n) is 16.7. The van der Waals surface area contributed by atoms with Crippen molar-refractivity contribution < 1.29 is 4.79 Å². The molecular formula is C22H17ClN6OS. The fourth-order valence-corrected chi connectivity index (χ4v) is 4.75. The van der Waals surface area contributed by atoms with Gasteiger partial charge in [-0.15, -0.1) is 21.5 Å². The largest absolute Gasteiger partial charge is 0.339 e. The molecule has 0 fully saturated rings. The molecule has 5 aromatic rings. The second-order valence-electron chi connectivity index (χ2n) is 7.12. The molecule has 0 saturated carbocycles. The lowest BCUT2D eigenvalue weighted by Gasteiger charge is -2.11. The van der Waals surface area contributed by atoms with Crippen LogP contribution in [0, 0.1) is 6.92 Å². The first kappa shape index (κ1) is 19.5. The highest BCUT2D eigenvalue weighted by Crippen LogP contribution is 2.35. The summed E-state index contributed by atoms with van der Waals surface area (Å²) in [5, 5.41) is 18.5. The van der Waals surface area contributed by atoms with E-state index in [1.165, 1.54) is 9.75 Å². The number of nitrogens with one attached hydrogen (secondary N) is 2. The molecular weight excluding hydrogens is 432 g/mol. The SMILES string of the molecule is Cc1ccc(-c2cccc3cc(C(=O)Nc4ccc(Cl)cc4-c4nn[nH]n4)n(C)c23)s1. The standard InChI is InChI=1S/C22H17ClN6OS/c1-12-6-9-19(31-12)15-5-3-4-13-10-18(29(2)20(13)15)22(30)24-17-8-7-14(23)11-16(17)21-25-27-28-26-21/h3-11H,1-2H3,(H,24,30)(H,25,26,27,28). The van der Waals surface area contributed by atoms with Gasteiger partial charge in [0.15, 0.2) is 0 Å². The molecule has 154 valence electrons. The topological polar surface area (TPSA) is 88.5 Å². The third-order valence-electron chi connectivity index (χ3n) is 5.11. The molecule has 3 heterocycles. The van der Waals surface area contributed by atoms with Gasteiger partial charge in [0.25, 0.3) is 5.91 Å². The van der Waals surface area contributed by atoms with Gasteiger partial charge >= 0.3 is 0 Å². The van der Waals surface area contributed by atoms with Gasteiger partial charge in [0, 0.05) is 38.3 Å². The van der Waals surface area contributed by atoms with Crippen molar-refractivity contribution in [3.8, 4) is 21.8 Å². The van der Waals surface area contributed by atoms with Crippen molar-refractivity contribution in [3.63, 3.8) is 0 Å². The van der Waals surface area contributed by atoms with Crippen LogP contribution in [0.1, 0.15) is 15.4 Å².